The highest BCUT2D eigenvalue weighted by atomic mass is 32.1. The minimum atomic E-state index is -0.228. The van der Waals surface area contributed by atoms with Crippen LogP contribution in [-0.2, 0) is 6.54 Å². The number of hydrogen-bond donors (Lipinski definition) is 1. The summed E-state index contributed by atoms with van der Waals surface area (Å²) in [6.45, 7) is 11.0. The van der Waals surface area contributed by atoms with E-state index in [4.69, 9.17) is 0 Å². The molecule has 0 spiro atoms. The molecule has 0 unspecified atom stereocenters. The molecular formula is C19H22N4OS. The molecule has 1 N–H and O–H groups in total. The van der Waals surface area contributed by atoms with Crippen LogP contribution in [0.25, 0.3) is 11.3 Å². The van der Waals surface area contributed by atoms with E-state index >= 15 is 0 Å². The van der Waals surface area contributed by atoms with Gasteiger partial charge in [-0.2, -0.15) is 5.10 Å². The van der Waals surface area contributed by atoms with Gasteiger partial charge in [-0.1, -0.05) is 17.7 Å². The van der Waals surface area contributed by atoms with Crippen LogP contribution in [0.1, 0.15) is 39.8 Å². The summed E-state index contributed by atoms with van der Waals surface area (Å²) >= 11 is 1.43. The quantitative estimate of drug-likeness (QED) is 0.750. The van der Waals surface area contributed by atoms with Crippen molar-refractivity contribution in [1.82, 2.24) is 14.8 Å². The zero-order valence-corrected chi connectivity index (χ0v) is 16.0. The van der Waals surface area contributed by atoms with Crippen molar-refractivity contribution in [2.75, 3.05) is 5.32 Å². The highest BCUT2D eigenvalue weighted by Gasteiger charge is 2.15. The Hall–Kier alpha value is -2.47. The Labute approximate surface area is 151 Å². The van der Waals surface area contributed by atoms with Crippen molar-refractivity contribution in [2.24, 2.45) is 0 Å². The Morgan fingerprint density at radius 3 is 2.44 bits per heavy atom. The summed E-state index contributed by atoms with van der Waals surface area (Å²) < 4.78 is 1.81. The van der Waals surface area contributed by atoms with E-state index < -0.39 is 0 Å². The summed E-state index contributed by atoms with van der Waals surface area (Å²) in [4.78, 5) is 17.0. The van der Waals surface area contributed by atoms with Crippen LogP contribution in [0.15, 0.2) is 23.6 Å². The number of anilines is 1. The lowest BCUT2D eigenvalue weighted by atomic mass is 9.98. The van der Waals surface area contributed by atoms with Crippen LogP contribution in [0.5, 0.6) is 0 Å². The van der Waals surface area contributed by atoms with E-state index in [1.807, 2.05) is 19.2 Å². The van der Waals surface area contributed by atoms with Gasteiger partial charge in [-0.3, -0.25) is 14.8 Å². The van der Waals surface area contributed by atoms with E-state index in [0.717, 1.165) is 23.5 Å². The fourth-order valence-corrected chi connectivity index (χ4v) is 3.83. The molecule has 0 aliphatic heterocycles. The van der Waals surface area contributed by atoms with Gasteiger partial charge in [-0.15, -0.1) is 11.3 Å². The Morgan fingerprint density at radius 1 is 1.16 bits per heavy atom. The number of nitrogens with zero attached hydrogens (tertiary/aromatic N) is 3. The third-order valence-corrected chi connectivity index (χ3v) is 4.93. The number of nitrogens with one attached hydrogen (secondary N) is 1. The molecule has 25 heavy (non-hydrogen) atoms. The summed E-state index contributed by atoms with van der Waals surface area (Å²) in [5.41, 5.74) is 7.04. The first-order chi connectivity index (χ1) is 11.9. The van der Waals surface area contributed by atoms with Crippen molar-refractivity contribution in [3.63, 3.8) is 0 Å². The molecule has 0 aliphatic rings. The van der Waals surface area contributed by atoms with Gasteiger partial charge in [0.2, 0.25) is 0 Å². The molecule has 1 amide bonds. The van der Waals surface area contributed by atoms with E-state index in [0.29, 0.717) is 10.8 Å². The number of amides is 1. The van der Waals surface area contributed by atoms with Crippen LogP contribution in [-0.4, -0.2) is 20.7 Å². The molecule has 0 radical (unpaired) electrons. The molecule has 2 heterocycles. The Bertz CT molecular complexity index is 916. The standard InChI is InChI=1S/C19H22N4OS/c1-6-23-14(5)9-15(22-23)18(24)21-19-20-16(10-25-19)17-12(3)7-11(2)8-13(17)4/h7-10H,6H2,1-5H3,(H,20,21,24). The van der Waals surface area contributed by atoms with Gasteiger partial charge >= 0.3 is 0 Å². The summed E-state index contributed by atoms with van der Waals surface area (Å²) in [7, 11) is 0. The average molecular weight is 354 g/mol. The van der Waals surface area contributed by atoms with E-state index in [1.54, 1.807) is 10.7 Å². The molecule has 0 bridgehead atoms. The molecule has 0 saturated heterocycles. The summed E-state index contributed by atoms with van der Waals surface area (Å²) in [5.74, 6) is -0.228. The van der Waals surface area contributed by atoms with Gasteiger partial charge in [-0.25, -0.2) is 4.98 Å². The lowest BCUT2D eigenvalue weighted by molar-refractivity contribution is 0.102. The van der Waals surface area contributed by atoms with Crippen LogP contribution in [0, 0.1) is 27.7 Å². The number of hydrogen-bond acceptors (Lipinski definition) is 4. The monoisotopic (exact) mass is 354 g/mol. The van der Waals surface area contributed by atoms with Gasteiger partial charge in [0.05, 0.1) is 5.69 Å². The molecule has 2 aromatic heterocycles. The third kappa shape index (κ3) is 3.49. The first-order valence-electron chi connectivity index (χ1n) is 8.28. The topological polar surface area (TPSA) is 59.8 Å². The number of carbonyl (C=O) groups excluding carboxylic acids is 1. The van der Waals surface area contributed by atoms with Crippen molar-refractivity contribution < 1.29 is 4.79 Å². The number of benzene rings is 1. The van der Waals surface area contributed by atoms with Gasteiger partial charge in [-0.05, 0) is 51.8 Å². The number of aromatic nitrogens is 3. The molecule has 6 heteroatoms. The van der Waals surface area contributed by atoms with Gasteiger partial charge < -0.3 is 0 Å². The van der Waals surface area contributed by atoms with E-state index in [-0.39, 0.29) is 5.91 Å². The van der Waals surface area contributed by atoms with Crippen molar-refractivity contribution in [3.05, 3.63) is 51.7 Å². The van der Waals surface area contributed by atoms with Crippen LogP contribution < -0.4 is 5.32 Å². The lowest BCUT2D eigenvalue weighted by Crippen LogP contribution is -2.13. The number of rotatable bonds is 4. The lowest BCUT2D eigenvalue weighted by Gasteiger charge is -2.08. The highest BCUT2D eigenvalue weighted by Crippen LogP contribution is 2.31. The van der Waals surface area contributed by atoms with Gasteiger partial charge in [0.25, 0.3) is 5.91 Å². The fourth-order valence-electron chi connectivity index (χ4n) is 3.13. The van der Waals surface area contributed by atoms with Gasteiger partial charge in [0, 0.05) is 23.2 Å². The summed E-state index contributed by atoms with van der Waals surface area (Å²) in [6, 6.07) is 6.10. The van der Waals surface area contributed by atoms with Crippen LogP contribution in [0.3, 0.4) is 0 Å². The van der Waals surface area contributed by atoms with Gasteiger partial charge in [0.1, 0.15) is 0 Å². The molecule has 3 aromatic rings. The van der Waals surface area contributed by atoms with Crippen molar-refractivity contribution in [2.45, 2.75) is 41.2 Å². The Morgan fingerprint density at radius 2 is 1.84 bits per heavy atom. The predicted molar refractivity (Wildman–Crippen MR) is 102 cm³/mol. The largest absolute Gasteiger partial charge is 0.296 e. The van der Waals surface area contributed by atoms with E-state index in [1.165, 1.54) is 28.0 Å². The van der Waals surface area contributed by atoms with Gasteiger partial charge in [0.15, 0.2) is 10.8 Å². The molecular weight excluding hydrogens is 332 g/mol. The number of carbonyl (C=O) groups is 1. The maximum atomic E-state index is 12.4. The van der Waals surface area contributed by atoms with Crippen LogP contribution >= 0.6 is 11.3 Å². The molecule has 0 atom stereocenters. The average Bonchev–Trinajstić information content (AvgIpc) is 3.13. The molecule has 5 nitrogen and oxygen atoms in total. The minimum absolute atomic E-state index is 0.228. The molecule has 1 aromatic carbocycles. The number of aryl methyl sites for hydroxylation is 5. The highest BCUT2D eigenvalue weighted by molar-refractivity contribution is 7.14. The molecule has 3 rings (SSSR count). The summed E-state index contributed by atoms with van der Waals surface area (Å²) in [5, 5.41) is 9.73. The van der Waals surface area contributed by atoms with Crippen molar-refractivity contribution in [1.29, 1.82) is 0 Å². The van der Waals surface area contributed by atoms with Crippen molar-refractivity contribution >= 4 is 22.4 Å². The first kappa shape index (κ1) is 17.4. The second kappa shape index (κ2) is 6.80. The van der Waals surface area contributed by atoms with E-state index in [9.17, 15) is 4.79 Å². The molecule has 0 aliphatic carbocycles. The van der Waals surface area contributed by atoms with E-state index in [2.05, 4.69) is 48.3 Å². The second-order valence-corrected chi connectivity index (χ2v) is 7.11. The zero-order valence-electron chi connectivity index (χ0n) is 15.2. The smallest absolute Gasteiger partial charge is 0.277 e. The minimum Gasteiger partial charge on any atom is -0.296 e. The third-order valence-electron chi connectivity index (χ3n) is 4.17. The Balaban J connectivity index is 1.83. The first-order valence-corrected chi connectivity index (χ1v) is 9.16. The van der Waals surface area contributed by atoms with Crippen LogP contribution in [0.2, 0.25) is 0 Å². The fraction of sp³-hybridized carbons (Fsp3) is 0.316. The maximum Gasteiger partial charge on any atom is 0.277 e. The molecule has 0 fully saturated rings. The second-order valence-electron chi connectivity index (χ2n) is 6.25. The predicted octanol–water partition coefficient (Wildman–Crippen LogP) is 4.51. The SMILES string of the molecule is CCn1nc(C(=O)Nc2nc(-c3c(C)cc(C)cc3C)cs2)cc1C. The Kier molecular flexibility index (Phi) is 4.72. The molecule has 130 valence electrons. The maximum absolute atomic E-state index is 12.4. The zero-order chi connectivity index (χ0) is 18.1. The van der Waals surface area contributed by atoms with Crippen LogP contribution in [0.4, 0.5) is 5.13 Å². The normalized spacial score (nSPS) is 10.9. The van der Waals surface area contributed by atoms with Crippen molar-refractivity contribution in [3.8, 4) is 11.3 Å². The number of thiazole rings is 1. The molecule has 0 saturated carbocycles. The summed E-state index contributed by atoms with van der Waals surface area (Å²) in [6.07, 6.45) is 0.